The average molecular weight is 264 g/mol. The molecular formula is C12H30AlO2P. The molecule has 0 rings (SSSR count). The van der Waals surface area contributed by atoms with Gasteiger partial charge in [0.2, 0.25) is 7.37 Å². The Morgan fingerprint density at radius 3 is 2.06 bits per heavy atom. The normalized spacial score (nSPS) is 14.2. The second-order valence-electron chi connectivity index (χ2n) is 4.10. The summed E-state index contributed by atoms with van der Waals surface area (Å²) in [5.74, 6) is 0. The summed E-state index contributed by atoms with van der Waals surface area (Å²) in [5, 5.41) is 0. The zero-order chi connectivity index (χ0) is 11.6. The molecule has 0 saturated carbocycles. The molecule has 0 aliphatic heterocycles. The van der Waals surface area contributed by atoms with Crippen LogP contribution in [0.3, 0.4) is 0 Å². The van der Waals surface area contributed by atoms with Gasteiger partial charge in [0.1, 0.15) is 0 Å². The van der Waals surface area contributed by atoms with Gasteiger partial charge in [0, 0.05) is 12.3 Å². The van der Waals surface area contributed by atoms with E-state index in [2.05, 4.69) is 13.8 Å². The van der Waals surface area contributed by atoms with Crippen LogP contribution in [0.5, 0.6) is 0 Å². The van der Waals surface area contributed by atoms with Crippen molar-refractivity contribution in [3.05, 3.63) is 0 Å². The molecule has 0 N–H and O–H groups in total. The highest BCUT2D eigenvalue weighted by atomic mass is 31.2. The molecule has 0 fully saturated rings. The van der Waals surface area contributed by atoms with Crippen molar-refractivity contribution in [1.29, 1.82) is 0 Å². The predicted octanol–water partition coefficient (Wildman–Crippen LogP) is 3.50. The molecule has 98 valence electrons. The molecule has 0 aromatic heterocycles. The summed E-state index contributed by atoms with van der Waals surface area (Å²) in [5.41, 5.74) is 0. The van der Waals surface area contributed by atoms with Crippen molar-refractivity contribution in [1.82, 2.24) is 0 Å². The van der Waals surface area contributed by atoms with Gasteiger partial charge in [0.25, 0.3) is 0 Å². The highest BCUT2D eigenvalue weighted by Gasteiger charge is 2.19. The van der Waals surface area contributed by atoms with Gasteiger partial charge in [-0.15, -0.1) is 0 Å². The maximum Gasteiger partial charge on any atom is 0.202 e. The highest BCUT2D eigenvalue weighted by molar-refractivity contribution is 7.58. The van der Waals surface area contributed by atoms with Crippen LogP contribution in [0.25, 0.3) is 0 Å². The number of rotatable bonds is 10. The Morgan fingerprint density at radius 1 is 0.938 bits per heavy atom. The molecule has 0 aromatic carbocycles. The minimum absolute atomic E-state index is 0. The van der Waals surface area contributed by atoms with Crippen molar-refractivity contribution < 1.29 is 9.09 Å². The first-order valence-electron chi connectivity index (χ1n) is 6.41. The van der Waals surface area contributed by atoms with Gasteiger partial charge in [-0.05, 0) is 12.8 Å². The number of hydrogen-bond acceptors (Lipinski definition) is 2. The summed E-state index contributed by atoms with van der Waals surface area (Å²) in [6.07, 6.45) is 8.35. The van der Waals surface area contributed by atoms with Crippen LogP contribution in [0.4, 0.5) is 0 Å². The zero-order valence-electron chi connectivity index (χ0n) is 10.6. The van der Waals surface area contributed by atoms with E-state index >= 15 is 0 Å². The third kappa shape index (κ3) is 9.91. The molecule has 0 radical (unpaired) electrons. The summed E-state index contributed by atoms with van der Waals surface area (Å²) < 4.78 is 17.8. The van der Waals surface area contributed by atoms with Gasteiger partial charge in [0.15, 0.2) is 17.4 Å². The topological polar surface area (TPSA) is 26.3 Å². The fourth-order valence-corrected chi connectivity index (χ4v) is 3.26. The predicted molar refractivity (Wildman–Crippen MR) is 78.0 cm³/mol. The average Bonchev–Trinajstić information content (AvgIpc) is 2.25. The molecule has 1 atom stereocenters. The van der Waals surface area contributed by atoms with Crippen LogP contribution < -0.4 is 0 Å². The van der Waals surface area contributed by atoms with E-state index in [1.165, 1.54) is 19.3 Å². The third-order valence-corrected chi connectivity index (χ3v) is 5.27. The first-order valence-corrected chi connectivity index (χ1v) is 8.40. The van der Waals surface area contributed by atoms with Crippen molar-refractivity contribution in [3.63, 3.8) is 0 Å². The Morgan fingerprint density at radius 2 is 1.56 bits per heavy atom. The van der Waals surface area contributed by atoms with Gasteiger partial charge < -0.3 is 4.52 Å². The SMILES string of the molecule is CCCCCCP(=O)(CC)OCCCC.[AlH3]. The van der Waals surface area contributed by atoms with Crippen molar-refractivity contribution in [2.75, 3.05) is 18.9 Å². The third-order valence-electron chi connectivity index (χ3n) is 2.66. The van der Waals surface area contributed by atoms with E-state index in [0.717, 1.165) is 25.4 Å². The standard InChI is InChI=1S/C12H27O2P.Al.3H/c1-4-7-9-10-12-15(13,6-3)14-11-8-5-2;;;;/h4-12H2,1-3H3;;;;. The van der Waals surface area contributed by atoms with E-state index in [0.29, 0.717) is 12.8 Å². The van der Waals surface area contributed by atoms with Crippen LogP contribution in [0, 0.1) is 0 Å². The van der Waals surface area contributed by atoms with Gasteiger partial charge >= 0.3 is 0 Å². The van der Waals surface area contributed by atoms with E-state index in [9.17, 15) is 4.57 Å². The summed E-state index contributed by atoms with van der Waals surface area (Å²) in [7, 11) is -2.27. The lowest BCUT2D eigenvalue weighted by Gasteiger charge is -2.16. The van der Waals surface area contributed by atoms with Crippen LogP contribution in [0.1, 0.15) is 59.3 Å². The summed E-state index contributed by atoms with van der Waals surface area (Å²) >= 11 is 0. The Kier molecular flexibility index (Phi) is 14.5. The summed E-state index contributed by atoms with van der Waals surface area (Å²) in [6.45, 7) is 6.97. The minimum atomic E-state index is -2.27. The van der Waals surface area contributed by atoms with Crippen LogP contribution in [-0.4, -0.2) is 36.3 Å². The molecule has 0 aliphatic rings. The lowest BCUT2D eigenvalue weighted by molar-refractivity contribution is 0.305. The van der Waals surface area contributed by atoms with E-state index in [4.69, 9.17) is 4.52 Å². The molecule has 0 spiro atoms. The maximum absolute atomic E-state index is 12.2. The molecule has 16 heavy (non-hydrogen) atoms. The molecule has 0 amide bonds. The molecule has 2 nitrogen and oxygen atoms in total. The van der Waals surface area contributed by atoms with E-state index < -0.39 is 7.37 Å². The van der Waals surface area contributed by atoms with E-state index in [-0.39, 0.29) is 17.4 Å². The van der Waals surface area contributed by atoms with E-state index in [1.807, 2.05) is 6.92 Å². The molecule has 0 bridgehead atoms. The largest absolute Gasteiger partial charge is 0.328 e. The van der Waals surface area contributed by atoms with Gasteiger partial charge in [-0.1, -0.05) is 46.5 Å². The van der Waals surface area contributed by atoms with Crippen molar-refractivity contribution >= 4 is 24.7 Å². The van der Waals surface area contributed by atoms with Gasteiger partial charge in [-0.3, -0.25) is 4.57 Å². The number of unbranched alkanes of at least 4 members (excludes halogenated alkanes) is 4. The first kappa shape index (κ1) is 19.1. The van der Waals surface area contributed by atoms with E-state index in [1.54, 1.807) is 0 Å². The van der Waals surface area contributed by atoms with Crippen LogP contribution in [-0.2, 0) is 9.09 Å². The Labute approximate surface area is 112 Å². The number of hydrogen-bond donors (Lipinski definition) is 0. The maximum atomic E-state index is 12.2. The van der Waals surface area contributed by atoms with Gasteiger partial charge in [-0.2, -0.15) is 0 Å². The van der Waals surface area contributed by atoms with Gasteiger partial charge in [0.05, 0.1) is 6.61 Å². The van der Waals surface area contributed by atoms with Crippen LogP contribution in [0.15, 0.2) is 0 Å². The molecule has 4 heteroatoms. The smallest absolute Gasteiger partial charge is 0.202 e. The molecule has 1 unspecified atom stereocenters. The summed E-state index contributed by atoms with van der Waals surface area (Å²) in [6, 6.07) is 0. The van der Waals surface area contributed by atoms with Crippen LogP contribution in [0.2, 0.25) is 0 Å². The fraction of sp³-hybridized carbons (Fsp3) is 1.00. The Balaban J connectivity index is 0. The molecular weight excluding hydrogens is 234 g/mol. The first-order chi connectivity index (χ1) is 7.18. The quantitative estimate of drug-likeness (QED) is 0.343. The minimum Gasteiger partial charge on any atom is -0.328 e. The highest BCUT2D eigenvalue weighted by Crippen LogP contribution is 2.47. The second kappa shape index (κ2) is 12.2. The molecule has 0 aliphatic carbocycles. The molecule has 0 aromatic rings. The lowest BCUT2D eigenvalue weighted by Crippen LogP contribution is -2.00. The van der Waals surface area contributed by atoms with Crippen molar-refractivity contribution in [2.24, 2.45) is 0 Å². The fourth-order valence-electron chi connectivity index (χ4n) is 1.47. The monoisotopic (exact) mass is 264 g/mol. The Hall–Kier alpha value is 0.722. The van der Waals surface area contributed by atoms with Crippen molar-refractivity contribution in [3.8, 4) is 0 Å². The second-order valence-corrected chi connectivity index (χ2v) is 7.07. The van der Waals surface area contributed by atoms with Crippen LogP contribution >= 0.6 is 7.37 Å². The Bertz CT molecular complexity index is 186. The zero-order valence-corrected chi connectivity index (χ0v) is 11.5. The summed E-state index contributed by atoms with van der Waals surface area (Å²) in [4.78, 5) is 0. The molecule has 0 heterocycles. The molecule has 0 saturated heterocycles. The van der Waals surface area contributed by atoms with Gasteiger partial charge in [-0.25, -0.2) is 0 Å². The van der Waals surface area contributed by atoms with Crippen molar-refractivity contribution in [2.45, 2.75) is 59.3 Å². The lowest BCUT2D eigenvalue weighted by atomic mass is 10.2.